The Morgan fingerprint density at radius 1 is 1.23 bits per heavy atom. The maximum Gasteiger partial charge on any atom is 0.269 e. The third kappa shape index (κ3) is 6.59. The zero-order chi connectivity index (χ0) is 25.6. The minimum Gasteiger partial charge on any atom is -0.493 e. The first-order valence-corrected chi connectivity index (χ1v) is 12.3. The number of carbonyl (C=O) groups excluding carboxylic acids is 1. The van der Waals surface area contributed by atoms with Crippen LogP contribution in [-0.2, 0) is 21.2 Å². The van der Waals surface area contributed by atoms with Crippen molar-refractivity contribution in [1.29, 1.82) is 5.26 Å². The van der Waals surface area contributed by atoms with Crippen LogP contribution >= 0.6 is 11.3 Å². The van der Waals surface area contributed by atoms with Gasteiger partial charge in [-0.1, -0.05) is 17.4 Å². The largest absolute Gasteiger partial charge is 0.493 e. The summed E-state index contributed by atoms with van der Waals surface area (Å²) in [5.74, 6) is -0.0745. The van der Waals surface area contributed by atoms with Crippen molar-refractivity contribution in [3.05, 3.63) is 69.3 Å². The lowest BCUT2D eigenvalue weighted by Gasteiger charge is -2.11. The molecule has 1 amide bonds. The summed E-state index contributed by atoms with van der Waals surface area (Å²) in [5.41, 5.74) is 0.885. The molecule has 1 aromatic heterocycles. The van der Waals surface area contributed by atoms with E-state index in [1.54, 1.807) is 36.4 Å². The lowest BCUT2D eigenvalue weighted by molar-refractivity contribution is -0.384. The molecule has 0 saturated carbocycles. The first-order chi connectivity index (χ1) is 16.6. The molecule has 0 saturated heterocycles. The molecular weight excluding hydrogens is 498 g/mol. The number of nitrogens with one attached hydrogen (secondary N) is 1. The van der Waals surface area contributed by atoms with Gasteiger partial charge in [-0.25, -0.2) is 8.42 Å². The highest BCUT2D eigenvalue weighted by atomic mass is 32.2. The Bertz CT molecular complexity index is 1440. The van der Waals surface area contributed by atoms with Gasteiger partial charge in [0.1, 0.15) is 18.2 Å². The van der Waals surface area contributed by atoms with Gasteiger partial charge in [0.05, 0.1) is 12.0 Å². The molecule has 0 unspecified atom stereocenters. The highest BCUT2D eigenvalue weighted by Gasteiger charge is 2.18. The molecule has 3 rings (SSSR count). The van der Waals surface area contributed by atoms with Gasteiger partial charge in [0.2, 0.25) is 19.3 Å². The smallest absolute Gasteiger partial charge is 0.269 e. The average molecular weight is 516 g/mol. The first kappa shape index (κ1) is 25.3. The Balaban J connectivity index is 1.73. The summed E-state index contributed by atoms with van der Waals surface area (Å²) in [4.78, 5) is 22.7. The molecule has 12 nitrogen and oxygen atoms in total. The number of aromatic nitrogens is 2. The number of nitrogens with zero attached hydrogens (tertiary/aromatic N) is 4. The van der Waals surface area contributed by atoms with E-state index < -0.39 is 20.7 Å². The lowest BCUT2D eigenvalue weighted by Crippen LogP contribution is -2.13. The van der Waals surface area contributed by atoms with Gasteiger partial charge in [-0.15, -0.1) is 10.2 Å². The normalized spacial score (nSPS) is 11.4. The molecule has 0 atom stereocenters. The van der Waals surface area contributed by atoms with Gasteiger partial charge in [-0.05, 0) is 41.5 Å². The molecule has 1 N–H and O–H groups in total. The monoisotopic (exact) mass is 515 g/mol. The fourth-order valence-corrected chi connectivity index (χ4v) is 4.16. The molecule has 0 aliphatic carbocycles. The van der Waals surface area contributed by atoms with E-state index in [0.717, 1.165) is 6.26 Å². The van der Waals surface area contributed by atoms with Gasteiger partial charge in [0.15, 0.2) is 11.5 Å². The van der Waals surface area contributed by atoms with Crippen LogP contribution in [0.5, 0.6) is 11.5 Å². The van der Waals surface area contributed by atoms with Gasteiger partial charge in [-0.2, -0.15) is 5.26 Å². The van der Waals surface area contributed by atoms with Crippen LogP contribution in [-0.4, -0.2) is 42.8 Å². The van der Waals surface area contributed by atoms with Crippen LogP contribution in [0.2, 0.25) is 0 Å². The van der Waals surface area contributed by atoms with E-state index >= 15 is 0 Å². The van der Waals surface area contributed by atoms with Gasteiger partial charge in [0, 0.05) is 18.4 Å². The number of anilines is 1. The second-order valence-electron chi connectivity index (χ2n) is 6.89. The summed E-state index contributed by atoms with van der Waals surface area (Å²) < 4.78 is 33.8. The number of nitro benzene ring substituents is 1. The minimum atomic E-state index is -3.57. The number of sulfone groups is 1. The summed E-state index contributed by atoms with van der Waals surface area (Å²) in [5, 5.41) is 29.5. The van der Waals surface area contributed by atoms with E-state index in [2.05, 4.69) is 15.5 Å². The van der Waals surface area contributed by atoms with Gasteiger partial charge in [0.25, 0.3) is 11.6 Å². The third-order valence-electron chi connectivity index (χ3n) is 4.35. The van der Waals surface area contributed by atoms with E-state index in [4.69, 9.17) is 9.47 Å². The Labute approximate surface area is 203 Å². The van der Waals surface area contributed by atoms with Crippen molar-refractivity contribution in [3.8, 4) is 17.6 Å². The van der Waals surface area contributed by atoms with E-state index in [9.17, 15) is 28.6 Å². The van der Waals surface area contributed by atoms with Gasteiger partial charge >= 0.3 is 0 Å². The summed E-state index contributed by atoms with van der Waals surface area (Å²) >= 11 is 0.668. The van der Waals surface area contributed by atoms with Gasteiger partial charge < -0.3 is 9.47 Å². The molecule has 1 heterocycles. The van der Waals surface area contributed by atoms with E-state index in [1.807, 2.05) is 0 Å². The van der Waals surface area contributed by atoms with Crippen molar-refractivity contribution in [2.75, 3.05) is 18.7 Å². The number of non-ortho nitro benzene ring substituents is 1. The summed E-state index contributed by atoms with van der Waals surface area (Å²) in [6, 6.07) is 12.4. The first-order valence-electron chi connectivity index (χ1n) is 9.61. The predicted molar refractivity (Wildman–Crippen MR) is 126 cm³/mol. The van der Waals surface area contributed by atoms with Crippen LogP contribution in [0, 0.1) is 21.4 Å². The van der Waals surface area contributed by atoms with Crippen LogP contribution in [0.3, 0.4) is 0 Å². The van der Waals surface area contributed by atoms with E-state index in [0.29, 0.717) is 34.0 Å². The number of hydrogen-bond donors (Lipinski definition) is 1. The molecular formula is C21H17N5O7S2. The van der Waals surface area contributed by atoms with Crippen molar-refractivity contribution < 1.29 is 27.6 Å². The molecule has 3 aromatic rings. The molecule has 0 spiro atoms. The Hall–Kier alpha value is -4.35. The fourth-order valence-electron chi connectivity index (χ4n) is 2.66. The molecule has 0 aliphatic rings. The van der Waals surface area contributed by atoms with Crippen molar-refractivity contribution >= 4 is 44.0 Å². The number of ether oxygens (including phenoxy) is 2. The number of benzene rings is 2. The quantitative estimate of drug-likeness (QED) is 0.147. The third-order valence-corrected chi connectivity index (χ3v) is 6.86. The second-order valence-corrected chi connectivity index (χ2v) is 10.1. The Morgan fingerprint density at radius 3 is 2.51 bits per heavy atom. The maximum absolute atomic E-state index is 12.4. The number of nitriles is 1. The van der Waals surface area contributed by atoms with Crippen molar-refractivity contribution in [2.45, 2.75) is 10.9 Å². The van der Waals surface area contributed by atoms with Crippen LogP contribution < -0.4 is 14.8 Å². The highest BCUT2D eigenvalue weighted by molar-refractivity contribution is 7.92. The van der Waals surface area contributed by atoms with Crippen molar-refractivity contribution in [3.63, 3.8) is 0 Å². The summed E-state index contributed by atoms with van der Waals surface area (Å²) in [6.07, 6.45) is 2.28. The Kier molecular flexibility index (Phi) is 7.74. The zero-order valence-corrected chi connectivity index (χ0v) is 19.9. The minimum absolute atomic E-state index is 0.0261. The number of rotatable bonds is 9. The molecule has 0 bridgehead atoms. The number of nitro groups is 1. The van der Waals surface area contributed by atoms with Crippen molar-refractivity contribution in [2.24, 2.45) is 0 Å². The average Bonchev–Trinajstić information content (AvgIpc) is 3.30. The highest BCUT2D eigenvalue weighted by Crippen LogP contribution is 2.30. The predicted octanol–water partition coefficient (Wildman–Crippen LogP) is 2.98. The number of methoxy groups -OCH3 is 1. The lowest BCUT2D eigenvalue weighted by atomic mass is 10.1. The number of carbonyl (C=O) groups is 1. The second kappa shape index (κ2) is 10.7. The fraction of sp³-hybridized carbons (Fsp3) is 0.143. The number of hydrogen-bond acceptors (Lipinski definition) is 11. The molecule has 2 aromatic carbocycles. The van der Waals surface area contributed by atoms with E-state index in [1.165, 1.54) is 25.3 Å². The molecule has 14 heteroatoms. The van der Waals surface area contributed by atoms with Crippen LogP contribution in [0.15, 0.2) is 52.4 Å². The SMILES string of the molecule is COc1cc(C=C(C#N)C(=O)Nc2nnc(S(C)(=O)=O)s2)ccc1OCc1ccc([N+](=O)[O-])cc1. The molecule has 0 fully saturated rings. The van der Waals surface area contributed by atoms with Crippen molar-refractivity contribution in [1.82, 2.24) is 10.2 Å². The standard InChI is InChI=1S/C21H17N5O7S2/c1-32-18-10-14(5-8-17(18)33-12-13-3-6-16(7-4-13)26(28)29)9-15(11-22)19(27)23-20-24-25-21(34-20)35(2,30)31/h3-10H,12H2,1-2H3,(H,23,24,27). The number of amides is 1. The zero-order valence-electron chi connectivity index (χ0n) is 18.3. The topological polar surface area (TPSA) is 174 Å². The maximum atomic E-state index is 12.4. The van der Waals surface area contributed by atoms with Crippen LogP contribution in [0.1, 0.15) is 11.1 Å². The summed E-state index contributed by atoms with van der Waals surface area (Å²) in [7, 11) is -2.15. The molecule has 35 heavy (non-hydrogen) atoms. The Morgan fingerprint density at radius 2 is 1.94 bits per heavy atom. The van der Waals surface area contributed by atoms with Crippen LogP contribution in [0.4, 0.5) is 10.8 Å². The molecule has 180 valence electrons. The molecule has 0 aliphatic heterocycles. The van der Waals surface area contributed by atoms with Gasteiger partial charge in [-0.3, -0.25) is 20.2 Å². The summed E-state index contributed by atoms with van der Waals surface area (Å²) in [6.45, 7) is 0.132. The van der Waals surface area contributed by atoms with Crippen LogP contribution in [0.25, 0.3) is 6.08 Å². The molecule has 0 radical (unpaired) electrons. The van der Waals surface area contributed by atoms with E-state index in [-0.39, 0.29) is 27.3 Å².